The van der Waals surface area contributed by atoms with Crippen LogP contribution in [0.4, 0.5) is 5.82 Å². The Morgan fingerprint density at radius 1 is 1.00 bits per heavy atom. The van der Waals surface area contributed by atoms with Crippen molar-refractivity contribution >= 4 is 23.3 Å². The second kappa shape index (κ2) is 9.45. The third kappa shape index (κ3) is 4.93. The van der Waals surface area contributed by atoms with E-state index in [1.165, 1.54) is 0 Å². The first-order valence-corrected chi connectivity index (χ1v) is 10.3. The Balaban J connectivity index is 1.30. The third-order valence-electron chi connectivity index (χ3n) is 5.11. The Labute approximate surface area is 185 Å². The van der Waals surface area contributed by atoms with Gasteiger partial charge >= 0.3 is 0 Å². The van der Waals surface area contributed by atoms with Gasteiger partial charge in [0.15, 0.2) is 12.4 Å². The summed E-state index contributed by atoms with van der Waals surface area (Å²) in [7, 11) is 0. The molecule has 3 aromatic rings. The van der Waals surface area contributed by atoms with E-state index in [0.29, 0.717) is 42.5 Å². The number of anilines is 1. The second-order valence-corrected chi connectivity index (χ2v) is 7.48. The minimum atomic E-state index is -0.100. The fourth-order valence-electron chi connectivity index (χ4n) is 3.37. The van der Waals surface area contributed by atoms with Gasteiger partial charge in [0.05, 0.1) is 11.3 Å². The van der Waals surface area contributed by atoms with Crippen molar-refractivity contribution < 1.29 is 9.53 Å². The first-order valence-electron chi connectivity index (χ1n) is 9.88. The molecule has 4 rings (SSSR count). The number of piperazine rings is 1. The molecule has 1 amide bonds. The van der Waals surface area contributed by atoms with Crippen LogP contribution in [0.25, 0.3) is 11.3 Å². The van der Waals surface area contributed by atoms with Crippen molar-refractivity contribution in [3.05, 3.63) is 71.2 Å². The van der Waals surface area contributed by atoms with Gasteiger partial charge in [0, 0.05) is 36.8 Å². The van der Waals surface area contributed by atoms with E-state index in [1.54, 1.807) is 29.2 Å². The van der Waals surface area contributed by atoms with Crippen LogP contribution in [0.15, 0.2) is 60.7 Å². The van der Waals surface area contributed by atoms with Crippen LogP contribution < -0.4 is 9.64 Å². The molecule has 31 heavy (non-hydrogen) atoms. The monoisotopic (exact) mass is 433 g/mol. The zero-order valence-corrected chi connectivity index (χ0v) is 17.5. The fourth-order valence-corrected chi connectivity index (χ4v) is 3.50. The van der Waals surface area contributed by atoms with Gasteiger partial charge in [-0.2, -0.15) is 5.26 Å². The lowest BCUT2D eigenvalue weighted by atomic mass is 10.1. The number of carbonyl (C=O) groups is 1. The van der Waals surface area contributed by atoms with Crippen LogP contribution in [-0.2, 0) is 4.79 Å². The van der Waals surface area contributed by atoms with Gasteiger partial charge in [-0.1, -0.05) is 35.9 Å². The minimum absolute atomic E-state index is 0.0890. The summed E-state index contributed by atoms with van der Waals surface area (Å²) in [6.07, 6.45) is 0. The first-order chi connectivity index (χ1) is 15.1. The Morgan fingerprint density at radius 2 is 1.74 bits per heavy atom. The average molecular weight is 434 g/mol. The molecule has 0 unspecified atom stereocenters. The van der Waals surface area contributed by atoms with E-state index in [-0.39, 0.29) is 12.5 Å². The SMILES string of the molecule is N#Cc1ccccc1OCC(=O)N1CCN(c2ccc(-c3ccc(Cl)cc3)nn2)CC1. The molecular formula is C23H20ClN5O2. The highest BCUT2D eigenvalue weighted by Gasteiger charge is 2.22. The number of nitrogens with zero attached hydrogens (tertiary/aromatic N) is 5. The highest BCUT2D eigenvalue weighted by atomic mass is 35.5. The summed E-state index contributed by atoms with van der Waals surface area (Å²) in [4.78, 5) is 16.4. The van der Waals surface area contributed by atoms with Crippen molar-refractivity contribution in [1.82, 2.24) is 15.1 Å². The maximum atomic E-state index is 12.5. The number of nitriles is 1. The van der Waals surface area contributed by atoms with Crippen LogP contribution in [0.3, 0.4) is 0 Å². The van der Waals surface area contributed by atoms with E-state index in [2.05, 4.69) is 21.2 Å². The normalized spacial score (nSPS) is 13.5. The number of halogens is 1. The Bertz CT molecular complexity index is 1090. The number of ether oxygens (including phenoxy) is 1. The lowest BCUT2D eigenvalue weighted by Crippen LogP contribution is -2.50. The molecule has 0 aliphatic carbocycles. The molecule has 1 saturated heterocycles. The van der Waals surface area contributed by atoms with Gasteiger partial charge in [0.2, 0.25) is 0 Å². The molecule has 156 valence electrons. The lowest BCUT2D eigenvalue weighted by molar-refractivity contribution is -0.133. The molecule has 2 heterocycles. The molecule has 0 radical (unpaired) electrons. The van der Waals surface area contributed by atoms with Crippen LogP contribution in [-0.4, -0.2) is 53.8 Å². The number of hydrogen-bond donors (Lipinski definition) is 0. The summed E-state index contributed by atoms with van der Waals surface area (Å²) in [6.45, 7) is 2.38. The van der Waals surface area contributed by atoms with Crippen LogP contribution in [0.2, 0.25) is 5.02 Å². The molecule has 1 aromatic heterocycles. The number of aromatic nitrogens is 2. The topological polar surface area (TPSA) is 82.4 Å². The quantitative estimate of drug-likeness (QED) is 0.613. The number of benzene rings is 2. The summed E-state index contributed by atoms with van der Waals surface area (Å²) in [5.41, 5.74) is 2.15. The van der Waals surface area contributed by atoms with Crippen molar-refractivity contribution in [3.8, 4) is 23.1 Å². The molecule has 0 bridgehead atoms. The minimum Gasteiger partial charge on any atom is -0.482 e. The molecule has 0 saturated carbocycles. The lowest BCUT2D eigenvalue weighted by Gasteiger charge is -2.35. The Morgan fingerprint density at radius 3 is 2.42 bits per heavy atom. The van der Waals surface area contributed by atoms with Gasteiger partial charge in [-0.25, -0.2) is 0 Å². The Hall–Kier alpha value is -3.63. The number of rotatable bonds is 5. The summed E-state index contributed by atoms with van der Waals surface area (Å²) >= 11 is 5.93. The summed E-state index contributed by atoms with van der Waals surface area (Å²) in [5, 5.41) is 18.5. The van der Waals surface area contributed by atoms with E-state index in [0.717, 1.165) is 17.1 Å². The number of amides is 1. The molecule has 7 nitrogen and oxygen atoms in total. The van der Waals surface area contributed by atoms with Crippen LogP contribution in [0.1, 0.15) is 5.56 Å². The third-order valence-corrected chi connectivity index (χ3v) is 5.36. The highest BCUT2D eigenvalue weighted by Crippen LogP contribution is 2.21. The zero-order chi connectivity index (χ0) is 21.6. The van der Waals surface area contributed by atoms with Crippen molar-refractivity contribution in [2.24, 2.45) is 0 Å². The highest BCUT2D eigenvalue weighted by molar-refractivity contribution is 6.30. The van der Waals surface area contributed by atoms with E-state index in [1.807, 2.05) is 36.4 Å². The number of hydrogen-bond acceptors (Lipinski definition) is 6. The van der Waals surface area contributed by atoms with E-state index < -0.39 is 0 Å². The molecule has 0 atom stereocenters. The standard InChI is InChI=1S/C23H20ClN5O2/c24-19-7-5-17(6-8-19)20-9-10-22(27-26-20)28-11-13-29(14-12-28)23(30)16-31-21-4-2-1-3-18(21)15-25/h1-10H,11-14,16H2. The summed E-state index contributed by atoms with van der Waals surface area (Å²) in [5.74, 6) is 1.11. The van der Waals surface area contributed by atoms with Crippen molar-refractivity contribution in [1.29, 1.82) is 5.26 Å². The van der Waals surface area contributed by atoms with Crippen molar-refractivity contribution in [2.45, 2.75) is 0 Å². The molecule has 0 N–H and O–H groups in total. The zero-order valence-electron chi connectivity index (χ0n) is 16.7. The van der Waals surface area contributed by atoms with Crippen LogP contribution in [0.5, 0.6) is 5.75 Å². The second-order valence-electron chi connectivity index (χ2n) is 7.05. The summed E-state index contributed by atoms with van der Waals surface area (Å²) < 4.78 is 5.56. The molecule has 2 aromatic carbocycles. The Kier molecular flexibility index (Phi) is 6.29. The van der Waals surface area contributed by atoms with E-state index in [4.69, 9.17) is 21.6 Å². The predicted octanol–water partition coefficient (Wildman–Crippen LogP) is 3.40. The smallest absolute Gasteiger partial charge is 0.260 e. The fraction of sp³-hybridized carbons (Fsp3) is 0.217. The molecule has 1 fully saturated rings. The van der Waals surface area contributed by atoms with Crippen LogP contribution >= 0.6 is 11.6 Å². The number of carbonyl (C=O) groups excluding carboxylic acids is 1. The largest absolute Gasteiger partial charge is 0.482 e. The number of para-hydroxylation sites is 1. The van der Waals surface area contributed by atoms with E-state index in [9.17, 15) is 4.79 Å². The van der Waals surface area contributed by atoms with Gasteiger partial charge in [-0.15, -0.1) is 10.2 Å². The van der Waals surface area contributed by atoms with Crippen LogP contribution in [0, 0.1) is 11.3 Å². The van der Waals surface area contributed by atoms with Crippen molar-refractivity contribution in [3.63, 3.8) is 0 Å². The van der Waals surface area contributed by atoms with Gasteiger partial charge in [0.1, 0.15) is 11.8 Å². The summed E-state index contributed by atoms with van der Waals surface area (Å²) in [6, 6.07) is 20.3. The molecule has 8 heteroatoms. The van der Waals surface area contributed by atoms with Gasteiger partial charge < -0.3 is 14.5 Å². The predicted molar refractivity (Wildman–Crippen MR) is 118 cm³/mol. The molecule has 0 spiro atoms. The molecular weight excluding hydrogens is 414 g/mol. The van der Waals surface area contributed by atoms with Crippen molar-refractivity contribution in [2.75, 3.05) is 37.7 Å². The van der Waals surface area contributed by atoms with E-state index >= 15 is 0 Å². The van der Waals surface area contributed by atoms with Gasteiger partial charge in [-0.3, -0.25) is 4.79 Å². The maximum absolute atomic E-state index is 12.5. The van der Waals surface area contributed by atoms with Gasteiger partial charge in [-0.05, 0) is 36.4 Å². The first kappa shape index (κ1) is 20.6. The van der Waals surface area contributed by atoms with Gasteiger partial charge in [0.25, 0.3) is 5.91 Å². The maximum Gasteiger partial charge on any atom is 0.260 e. The molecule has 1 aliphatic heterocycles. The average Bonchev–Trinajstić information content (AvgIpc) is 2.83. The molecule has 1 aliphatic rings.